The first-order valence-electron chi connectivity index (χ1n) is 6.86. The van der Waals surface area contributed by atoms with E-state index in [1.54, 1.807) is 23.3 Å². The maximum absolute atomic E-state index is 12.3. The van der Waals surface area contributed by atoms with Crippen molar-refractivity contribution >= 4 is 10.0 Å². The molecule has 1 aliphatic heterocycles. The van der Waals surface area contributed by atoms with Crippen LogP contribution in [0.25, 0.3) is 0 Å². The van der Waals surface area contributed by atoms with E-state index in [2.05, 4.69) is 30.5 Å². The Morgan fingerprint density at radius 1 is 1.26 bits per heavy atom. The fourth-order valence-corrected chi connectivity index (χ4v) is 3.75. The highest BCUT2D eigenvalue weighted by molar-refractivity contribution is 7.89. The van der Waals surface area contributed by atoms with Crippen LogP contribution in [0.1, 0.15) is 11.7 Å². The van der Waals surface area contributed by atoms with Crippen LogP contribution in [0.2, 0.25) is 0 Å². The lowest BCUT2D eigenvalue weighted by molar-refractivity contribution is 0.188. The van der Waals surface area contributed by atoms with E-state index in [9.17, 15) is 8.42 Å². The number of aromatic nitrogens is 8. The highest BCUT2D eigenvalue weighted by atomic mass is 32.2. The first-order valence-corrected chi connectivity index (χ1v) is 8.30. The minimum Gasteiger partial charge on any atom is -0.335 e. The van der Waals surface area contributed by atoms with Crippen LogP contribution < -0.4 is 0 Å². The van der Waals surface area contributed by atoms with Crippen molar-refractivity contribution in [3.05, 3.63) is 36.8 Å². The van der Waals surface area contributed by atoms with Gasteiger partial charge in [0.2, 0.25) is 0 Å². The Kier molecular flexibility index (Phi) is 3.20. The van der Waals surface area contributed by atoms with E-state index < -0.39 is 10.0 Å². The molecule has 0 bridgehead atoms. The third-order valence-electron chi connectivity index (χ3n) is 3.62. The van der Waals surface area contributed by atoms with Gasteiger partial charge in [-0.15, -0.1) is 5.10 Å². The molecule has 1 N–H and O–H groups in total. The van der Waals surface area contributed by atoms with Crippen molar-refractivity contribution in [3.63, 3.8) is 0 Å². The van der Waals surface area contributed by atoms with Gasteiger partial charge in [-0.25, -0.2) is 18.1 Å². The molecule has 3 aromatic rings. The van der Waals surface area contributed by atoms with Gasteiger partial charge in [0, 0.05) is 13.1 Å². The van der Waals surface area contributed by atoms with Gasteiger partial charge in [-0.1, -0.05) is 5.21 Å². The van der Waals surface area contributed by atoms with Gasteiger partial charge in [-0.05, 0) is 0 Å². The van der Waals surface area contributed by atoms with Crippen molar-refractivity contribution in [2.75, 3.05) is 13.1 Å². The number of imidazole rings is 1. The zero-order valence-corrected chi connectivity index (χ0v) is 12.7. The van der Waals surface area contributed by atoms with Crippen molar-refractivity contribution in [1.29, 1.82) is 0 Å². The molecule has 4 heterocycles. The number of nitrogens with one attached hydrogen (secondary N) is 1. The number of sulfonamides is 1. The number of hydrogen-bond acceptors (Lipinski definition) is 7. The van der Waals surface area contributed by atoms with Crippen LogP contribution in [0, 0.1) is 0 Å². The van der Waals surface area contributed by atoms with Crippen LogP contribution in [-0.4, -0.2) is 65.8 Å². The summed E-state index contributed by atoms with van der Waals surface area (Å²) in [5, 5.41) is 16.2. The van der Waals surface area contributed by atoms with Gasteiger partial charge in [0.1, 0.15) is 12.2 Å². The number of aromatic amines is 1. The van der Waals surface area contributed by atoms with E-state index in [0.717, 1.165) is 5.69 Å². The van der Waals surface area contributed by atoms with Crippen LogP contribution in [0.3, 0.4) is 0 Å². The molecule has 4 rings (SSSR count). The SMILES string of the molecule is O=S(=O)(c1cnc[nH]1)N1CC(n2cc(Cn3nccn3)nn2)C1. The highest BCUT2D eigenvalue weighted by Gasteiger charge is 2.39. The fraction of sp³-hybridized carbons (Fsp3) is 0.364. The maximum atomic E-state index is 12.3. The lowest BCUT2D eigenvalue weighted by Gasteiger charge is -2.37. The molecule has 0 saturated carbocycles. The Labute approximate surface area is 131 Å². The summed E-state index contributed by atoms with van der Waals surface area (Å²) in [6, 6.07) is -0.0282. The fourth-order valence-electron chi connectivity index (χ4n) is 2.34. The quantitative estimate of drug-likeness (QED) is 0.626. The summed E-state index contributed by atoms with van der Waals surface area (Å²) in [4.78, 5) is 7.86. The van der Waals surface area contributed by atoms with E-state index in [4.69, 9.17) is 0 Å². The van der Waals surface area contributed by atoms with Gasteiger partial charge in [0.25, 0.3) is 10.0 Å². The van der Waals surface area contributed by atoms with Crippen molar-refractivity contribution in [2.45, 2.75) is 17.6 Å². The molecule has 1 aliphatic rings. The molecule has 0 radical (unpaired) electrons. The molecule has 11 nitrogen and oxygen atoms in total. The van der Waals surface area contributed by atoms with Gasteiger partial charge in [0.05, 0.1) is 37.2 Å². The maximum Gasteiger partial charge on any atom is 0.260 e. The second kappa shape index (κ2) is 5.24. The molecule has 0 unspecified atom stereocenters. The van der Waals surface area contributed by atoms with Gasteiger partial charge in [-0.2, -0.15) is 19.3 Å². The third kappa shape index (κ3) is 2.51. The molecule has 0 amide bonds. The van der Waals surface area contributed by atoms with Gasteiger partial charge in [0.15, 0.2) is 5.03 Å². The minimum atomic E-state index is -3.50. The molecule has 3 aromatic heterocycles. The Hall–Kier alpha value is -2.60. The second-order valence-corrected chi connectivity index (χ2v) is 7.05. The molecule has 23 heavy (non-hydrogen) atoms. The Morgan fingerprint density at radius 3 is 2.74 bits per heavy atom. The Bertz CT molecular complexity index is 878. The summed E-state index contributed by atoms with van der Waals surface area (Å²) < 4.78 is 27.6. The lowest BCUT2D eigenvalue weighted by Crippen LogP contribution is -2.50. The van der Waals surface area contributed by atoms with Crippen LogP contribution in [0.15, 0.2) is 36.1 Å². The second-order valence-electron chi connectivity index (χ2n) is 5.14. The molecule has 0 aromatic carbocycles. The van der Waals surface area contributed by atoms with Crippen molar-refractivity contribution in [2.24, 2.45) is 0 Å². The van der Waals surface area contributed by atoms with Crippen LogP contribution in [0.5, 0.6) is 0 Å². The molecular weight excluding hydrogens is 322 g/mol. The van der Waals surface area contributed by atoms with Crippen molar-refractivity contribution in [3.8, 4) is 0 Å². The molecule has 12 heteroatoms. The number of nitrogens with zero attached hydrogens (tertiary/aromatic N) is 8. The van der Waals surface area contributed by atoms with Crippen LogP contribution in [-0.2, 0) is 16.6 Å². The summed E-state index contributed by atoms with van der Waals surface area (Å²) in [6.07, 6.45) is 7.61. The standard InChI is InChI=1S/C11H13N9O2S/c21-23(22,11-3-12-8-13-11)18-6-10(7-18)19-4-9(16-17-19)5-20-14-1-2-15-20/h1-4,8,10H,5-7H2,(H,12,13). The Balaban J connectivity index is 1.41. The smallest absolute Gasteiger partial charge is 0.260 e. The van der Waals surface area contributed by atoms with Crippen LogP contribution in [0.4, 0.5) is 0 Å². The minimum absolute atomic E-state index is 0.0282. The average molecular weight is 335 g/mol. The molecular formula is C11H13N9O2S. The van der Waals surface area contributed by atoms with E-state index in [0.29, 0.717) is 19.6 Å². The first kappa shape index (κ1) is 14.0. The molecule has 0 aliphatic carbocycles. The lowest BCUT2D eigenvalue weighted by atomic mass is 10.2. The van der Waals surface area contributed by atoms with E-state index in [1.807, 2.05) is 0 Å². The summed E-state index contributed by atoms with van der Waals surface area (Å²) in [5.41, 5.74) is 0.719. The van der Waals surface area contributed by atoms with Gasteiger partial charge in [-0.3, -0.25) is 0 Å². The summed E-state index contributed by atoms with van der Waals surface area (Å²) in [7, 11) is -3.50. The summed E-state index contributed by atoms with van der Waals surface area (Å²) >= 11 is 0. The topological polar surface area (TPSA) is 127 Å². The zero-order valence-electron chi connectivity index (χ0n) is 11.9. The highest BCUT2D eigenvalue weighted by Crippen LogP contribution is 2.26. The average Bonchev–Trinajstić information content (AvgIpc) is 3.18. The molecule has 1 saturated heterocycles. The normalized spacial score (nSPS) is 16.5. The van der Waals surface area contributed by atoms with E-state index in [1.165, 1.54) is 21.6 Å². The molecule has 1 fully saturated rings. The summed E-state index contributed by atoms with van der Waals surface area (Å²) in [5.74, 6) is 0. The van der Waals surface area contributed by atoms with Gasteiger partial charge >= 0.3 is 0 Å². The van der Waals surface area contributed by atoms with E-state index >= 15 is 0 Å². The monoisotopic (exact) mass is 335 g/mol. The summed E-state index contributed by atoms with van der Waals surface area (Å²) in [6.45, 7) is 1.13. The largest absolute Gasteiger partial charge is 0.335 e. The van der Waals surface area contributed by atoms with E-state index in [-0.39, 0.29) is 11.1 Å². The zero-order chi connectivity index (χ0) is 15.9. The first-order chi connectivity index (χ1) is 11.1. The Morgan fingerprint density at radius 2 is 2.04 bits per heavy atom. The third-order valence-corrected chi connectivity index (χ3v) is 5.38. The molecule has 120 valence electrons. The predicted molar refractivity (Wildman–Crippen MR) is 75.5 cm³/mol. The number of H-pyrrole nitrogens is 1. The van der Waals surface area contributed by atoms with Crippen molar-refractivity contribution < 1.29 is 8.42 Å². The number of hydrogen-bond donors (Lipinski definition) is 1. The van der Waals surface area contributed by atoms with Crippen LogP contribution >= 0.6 is 0 Å². The predicted octanol–water partition coefficient (Wildman–Crippen LogP) is -1.11. The molecule has 0 atom stereocenters. The van der Waals surface area contributed by atoms with Crippen molar-refractivity contribution in [1.82, 2.24) is 44.3 Å². The molecule has 0 spiro atoms. The number of rotatable bonds is 5. The van der Waals surface area contributed by atoms with Gasteiger partial charge < -0.3 is 4.98 Å².